The summed E-state index contributed by atoms with van der Waals surface area (Å²) >= 11 is 0. The molecule has 2 aliphatic heterocycles. The number of nitrogens with zero attached hydrogens (tertiary/aromatic N) is 1. The minimum atomic E-state index is -0.852. The lowest BCUT2D eigenvalue weighted by Crippen LogP contribution is -2.63. The number of carboxylic acids is 1. The molecule has 0 aromatic heterocycles. The molecule has 4 nitrogen and oxygen atoms in total. The van der Waals surface area contributed by atoms with E-state index in [1.54, 1.807) is 4.90 Å². The zero-order valence-corrected chi connectivity index (χ0v) is 8.43. The van der Waals surface area contributed by atoms with Crippen LogP contribution in [0.4, 0.5) is 0 Å². The third-order valence-electron chi connectivity index (χ3n) is 3.33. The zero-order valence-electron chi connectivity index (χ0n) is 8.43. The van der Waals surface area contributed by atoms with Crippen LogP contribution in [0.3, 0.4) is 0 Å². The van der Waals surface area contributed by atoms with Crippen molar-refractivity contribution in [3.8, 4) is 0 Å². The predicted molar refractivity (Wildman–Crippen MR) is 49.6 cm³/mol. The molecule has 1 aliphatic carbocycles. The molecule has 0 radical (unpaired) electrons. The van der Waals surface area contributed by atoms with Crippen molar-refractivity contribution in [2.45, 2.75) is 38.8 Å². The molecule has 3 fully saturated rings. The Morgan fingerprint density at radius 3 is 2.43 bits per heavy atom. The van der Waals surface area contributed by atoms with Gasteiger partial charge in [-0.1, -0.05) is 0 Å². The van der Waals surface area contributed by atoms with Gasteiger partial charge in [-0.2, -0.15) is 0 Å². The van der Waals surface area contributed by atoms with Gasteiger partial charge in [-0.25, -0.2) is 4.79 Å². The third-order valence-corrected chi connectivity index (χ3v) is 3.33. The molecular weight excluding hydrogens is 182 g/mol. The number of carboxylic acid groups (broad SMARTS) is 1. The molecule has 0 spiro atoms. The first-order valence-corrected chi connectivity index (χ1v) is 5.07. The van der Waals surface area contributed by atoms with Crippen LogP contribution in [0.15, 0.2) is 0 Å². The molecule has 3 aliphatic rings. The summed E-state index contributed by atoms with van der Waals surface area (Å²) in [6.45, 7) is 3.75. The Balaban J connectivity index is 2.26. The van der Waals surface area contributed by atoms with Gasteiger partial charge in [-0.3, -0.25) is 4.79 Å². The SMILES string of the molecule is CC(C)N1C(=O)C2CC(C2)C1C(=O)O. The van der Waals surface area contributed by atoms with E-state index in [9.17, 15) is 9.59 Å². The number of hydrogen-bond acceptors (Lipinski definition) is 2. The maximum Gasteiger partial charge on any atom is 0.326 e. The van der Waals surface area contributed by atoms with Crippen LogP contribution in [0, 0.1) is 11.8 Å². The Morgan fingerprint density at radius 2 is 2.07 bits per heavy atom. The average Bonchev–Trinajstić information content (AvgIpc) is 1.99. The van der Waals surface area contributed by atoms with Gasteiger partial charge >= 0.3 is 5.97 Å². The number of fused-ring (bicyclic) bond motifs is 2. The fourth-order valence-electron chi connectivity index (χ4n) is 2.59. The van der Waals surface area contributed by atoms with Crippen LogP contribution >= 0.6 is 0 Å². The second-order valence-corrected chi connectivity index (χ2v) is 4.55. The van der Waals surface area contributed by atoms with E-state index < -0.39 is 12.0 Å². The summed E-state index contributed by atoms with van der Waals surface area (Å²) in [4.78, 5) is 24.4. The van der Waals surface area contributed by atoms with Crippen LogP contribution in [0.25, 0.3) is 0 Å². The fraction of sp³-hybridized carbons (Fsp3) is 0.800. The minimum absolute atomic E-state index is 0.00537. The van der Waals surface area contributed by atoms with E-state index in [0.717, 1.165) is 12.8 Å². The molecule has 4 heteroatoms. The predicted octanol–water partition coefficient (Wildman–Crippen LogP) is 0.716. The van der Waals surface area contributed by atoms with E-state index in [2.05, 4.69) is 0 Å². The van der Waals surface area contributed by atoms with Crippen molar-refractivity contribution < 1.29 is 14.7 Å². The lowest BCUT2D eigenvalue weighted by molar-refractivity contribution is -0.172. The second kappa shape index (κ2) is 2.97. The Kier molecular flexibility index (Phi) is 2.01. The number of carbonyl (C=O) groups is 2. The van der Waals surface area contributed by atoms with Crippen LogP contribution in [-0.4, -0.2) is 34.0 Å². The topological polar surface area (TPSA) is 57.6 Å². The van der Waals surface area contributed by atoms with E-state index in [-0.39, 0.29) is 23.8 Å². The Hall–Kier alpha value is -1.06. The minimum Gasteiger partial charge on any atom is -0.480 e. The molecular formula is C10H15NO3. The molecule has 1 atom stereocenters. The maximum atomic E-state index is 11.8. The first kappa shape index (κ1) is 9.49. The molecule has 0 aromatic rings. The molecule has 1 unspecified atom stereocenters. The molecule has 1 amide bonds. The monoisotopic (exact) mass is 197 g/mol. The second-order valence-electron chi connectivity index (χ2n) is 4.55. The zero-order chi connectivity index (χ0) is 10.5. The van der Waals surface area contributed by atoms with E-state index >= 15 is 0 Å². The van der Waals surface area contributed by atoms with Gasteiger partial charge in [-0.05, 0) is 32.6 Å². The number of carbonyl (C=O) groups excluding carboxylic acids is 1. The molecule has 2 saturated heterocycles. The van der Waals surface area contributed by atoms with Crippen molar-refractivity contribution in [3.63, 3.8) is 0 Å². The Bertz CT molecular complexity index is 281. The summed E-state index contributed by atoms with van der Waals surface area (Å²) in [6.07, 6.45) is 1.55. The standard InChI is InChI=1S/C10H15NO3/c1-5(2)11-8(10(13)14)6-3-7(4-6)9(11)12/h5-8H,3-4H2,1-2H3,(H,13,14). The molecule has 3 rings (SSSR count). The maximum absolute atomic E-state index is 11.8. The van der Waals surface area contributed by atoms with Gasteiger partial charge in [0.25, 0.3) is 0 Å². The summed E-state index contributed by atoms with van der Waals surface area (Å²) in [5, 5.41) is 9.08. The van der Waals surface area contributed by atoms with E-state index in [0.29, 0.717) is 0 Å². The van der Waals surface area contributed by atoms with Crippen LogP contribution in [0.5, 0.6) is 0 Å². The molecule has 1 N–H and O–H groups in total. The van der Waals surface area contributed by atoms with Crippen LogP contribution < -0.4 is 0 Å². The summed E-state index contributed by atoms with van der Waals surface area (Å²) in [6, 6.07) is -0.582. The number of amides is 1. The normalized spacial score (nSPS) is 35.8. The lowest BCUT2D eigenvalue weighted by Gasteiger charge is -2.51. The Morgan fingerprint density at radius 1 is 1.50 bits per heavy atom. The highest BCUT2D eigenvalue weighted by Gasteiger charge is 2.53. The lowest BCUT2D eigenvalue weighted by atomic mass is 9.66. The van der Waals surface area contributed by atoms with Gasteiger partial charge in [-0.15, -0.1) is 0 Å². The third kappa shape index (κ3) is 1.13. The summed E-state index contributed by atoms with van der Waals surface area (Å²) in [5.74, 6) is -0.513. The highest BCUT2D eigenvalue weighted by molar-refractivity contribution is 5.89. The van der Waals surface area contributed by atoms with Gasteiger partial charge in [0.2, 0.25) is 5.91 Å². The van der Waals surface area contributed by atoms with Gasteiger partial charge in [0.1, 0.15) is 6.04 Å². The first-order chi connectivity index (χ1) is 6.52. The highest BCUT2D eigenvalue weighted by atomic mass is 16.4. The number of piperidine rings is 2. The molecule has 78 valence electrons. The Labute approximate surface area is 82.9 Å². The molecule has 2 bridgehead atoms. The van der Waals surface area contributed by atoms with Crippen molar-refractivity contribution >= 4 is 11.9 Å². The number of hydrogen-bond donors (Lipinski definition) is 1. The van der Waals surface area contributed by atoms with Crippen LogP contribution in [0.1, 0.15) is 26.7 Å². The van der Waals surface area contributed by atoms with Crippen molar-refractivity contribution in [1.82, 2.24) is 4.90 Å². The molecule has 0 aromatic carbocycles. The van der Waals surface area contributed by atoms with Gasteiger partial charge < -0.3 is 10.0 Å². The smallest absolute Gasteiger partial charge is 0.326 e. The fourth-order valence-corrected chi connectivity index (χ4v) is 2.59. The first-order valence-electron chi connectivity index (χ1n) is 5.07. The van der Waals surface area contributed by atoms with E-state index in [1.807, 2.05) is 13.8 Å². The number of aliphatic carboxylic acids is 1. The molecule has 14 heavy (non-hydrogen) atoms. The van der Waals surface area contributed by atoms with Gasteiger partial charge in [0.15, 0.2) is 0 Å². The van der Waals surface area contributed by atoms with Crippen molar-refractivity contribution in [3.05, 3.63) is 0 Å². The van der Waals surface area contributed by atoms with Gasteiger partial charge in [0.05, 0.1) is 0 Å². The van der Waals surface area contributed by atoms with Gasteiger partial charge in [0, 0.05) is 12.0 Å². The summed E-state index contributed by atoms with van der Waals surface area (Å²) in [7, 11) is 0. The van der Waals surface area contributed by atoms with E-state index in [4.69, 9.17) is 5.11 Å². The molecule has 1 saturated carbocycles. The van der Waals surface area contributed by atoms with Crippen molar-refractivity contribution in [1.29, 1.82) is 0 Å². The quantitative estimate of drug-likeness (QED) is 0.709. The van der Waals surface area contributed by atoms with Crippen LogP contribution in [-0.2, 0) is 9.59 Å². The molecule has 2 heterocycles. The summed E-state index contributed by atoms with van der Waals surface area (Å²) in [5.41, 5.74) is 0. The van der Waals surface area contributed by atoms with Crippen molar-refractivity contribution in [2.75, 3.05) is 0 Å². The van der Waals surface area contributed by atoms with Crippen molar-refractivity contribution in [2.24, 2.45) is 11.8 Å². The van der Waals surface area contributed by atoms with Crippen LogP contribution in [0.2, 0.25) is 0 Å². The summed E-state index contributed by atoms with van der Waals surface area (Å²) < 4.78 is 0. The number of rotatable bonds is 2. The largest absolute Gasteiger partial charge is 0.480 e. The highest BCUT2D eigenvalue weighted by Crippen LogP contribution is 2.45. The van der Waals surface area contributed by atoms with E-state index in [1.165, 1.54) is 0 Å². The average molecular weight is 197 g/mol.